The van der Waals surface area contributed by atoms with Crippen LogP contribution in [0.3, 0.4) is 0 Å². The quantitative estimate of drug-likeness (QED) is 0.931. The molecule has 23 heavy (non-hydrogen) atoms. The number of fused-ring (bicyclic) bond motifs is 3. The van der Waals surface area contributed by atoms with E-state index >= 15 is 0 Å². The topological polar surface area (TPSA) is 49.4 Å². The predicted octanol–water partition coefficient (Wildman–Crippen LogP) is 2.23. The summed E-state index contributed by atoms with van der Waals surface area (Å²) in [6.07, 6.45) is 10.7. The van der Waals surface area contributed by atoms with Crippen LogP contribution in [-0.2, 0) is 15.0 Å². The summed E-state index contributed by atoms with van der Waals surface area (Å²) in [5.74, 6) is -0.00369. The molecule has 1 aliphatic carbocycles. The molecule has 0 spiro atoms. The highest BCUT2D eigenvalue weighted by Crippen LogP contribution is 2.53. The highest BCUT2D eigenvalue weighted by molar-refractivity contribution is 6.07. The number of allylic oxidation sites excluding steroid dienone is 2. The summed E-state index contributed by atoms with van der Waals surface area (Å²) in [6, 6.07) is 8.08. The molecule has 116 valence electrons. The Morgan fingerprint density at radius 2 is 2.13 bits per heavy atom. The van der Waals surface area contributed by atoms with Gasteiger partial charge in [-0.1, -0.05) is 42.5 Å². The minimum Gasteiger partial charge on any atom is -0.356 e. The largest absolute Gasteiger partial charge is 0.356 e. The fourth-order valence-electron chi connectivity index (χ4n) is 4.08. The Bertz CT molecular complexity index is 790. The molecule has 0 aromatic heterocycles. The summed E-state index contributed by atoms with van der Waals surface area (Å²) in [4.78, 5) is 25.7. The van der Waals surface area contributed by atoms with Crippen LogP contribution < -0.4 is 10.2 Å². The normalized spacial score (nSPS) is 26.7. The molecule has 2 heterocycles. The molecule has 0 unspecified atom stereocenters. The van der Waals surface area contributed by atoms with Crippen molar-refractivity contribution in [3.63, 3.8) is 0 Å². The molecule has 0 saturated heterocycles. The smallest absolute Gasteiger partial charge is 0.251 e. The number of carbonyl (C=O) groups is 2. The zero-order valence-electron chi connectivity index (χ0n) is 13.0. The van der Waals surface area contributed by atoms with E-state index in [1.54, 1.807) is 6.08 Å². The second-order valence-corrected chi connectivity index (χ2v) is 6.26. The van der Waals surface area contributed by atoms with Crippen LogP contribution in [0.1, 0.15) is 18.9 Å². The maximum Gasteiger partial charge on any atom is 0.251 e. The molecule has 1 N–H and O–H groups in total. The second-order valence-electron chi connectivity index (χ2n) is 6.26. The third kappa shape index (κ3) is 1.91. The highest BCUT2D eigenvalue weighted by atomic mass is 16.2. The molecule has 1 aromatic rings. The zero-order valence-corrected chi connectivity index (χ0v) is 13.0. The van der Waals surface area contributed by atoms with E-state index in [0.717, 1.165) is 23.2 Å². The van der Waals surface area contributed by atoms with E-state index in [1.807, 2.05) is 29.2 Å². The van der Waals surface area contributed by atoms with Crippen molar-refractivity contribution in [1.82, 2.24) is 5.32 Å². The Hall–Kier alpha value is -2.62. The molecule has 3 aliphatic rings. The van der Waals surface area contributed by atoms with Gasteiger partial charge in [0.1, 0.15) is 0 Å². The number of para-hydroxylation sites is 1. The number of amides is 2. The predicted molar refractivity (Wildman–Crippen MR) is 89.1 cm³/mol. The zero-order chi connectivity index (χ0) is 16.0. The summed E-state index contributed by atoms with van der Waals surface area (Å²) in [6.45, 7) is 2.12. The number of benzene rings is 1. The van der Waals surface area contributed by atoms with Crippen LogP contribution in [0.4, 0.5) is 5.69 Å². The van der Waals surface area contributed by atoms with Crippen molar-refractivity contribution in [2.75, 3.05) is 11.4 Å². The first-order valence-corrected chi connectivity index (χ1v) is 7.88. The lowest BCUT2D eigenvalue weighted by Gasteiger charge is -2.40. The molecule has 0 bridgehead atoms. The average molecular weight is 306 g/mol. The molecule has 4 nitrogen and oxygen atoms in total. The van der Waals surface area contributed by atoms with Crippen LogP contribution in [0.15, 0.2) is 60.2 Å². The van der Waals surface area contributed by atoms with Gasteiger partial charge in [0.05, 0.1) is 6.04 Å². The molecule has 4 heteroatoms. The van der Waals surface area contributed by atoms with Gasteiger partial charge in [-0.15, -0.1) is 0 Å². The van der Waals surface area contributed by atoms with Crippen LogP contribution in [-0.4, -0.2) is 24.4 Å². The Morgan fingerprint density at radius 1 is 1.30 bits per heavy atom. The van der Waals surface area contributed by atoms with Crippen molar-refractivity contribution >= 4 is 17.5 Å². The summed E-state index contributed by atoms with van der Waals surface area (Å²) in [7, 11) is 0. The maximum atomic E-state index is 12.5. The van der Waals surface area contributed by atoms with Crippen molar-refractivity contribution < 1.29 is 9.59 Å². The molecule has 2 amide bonds. The van der Waals surface area contributed by atoms with Crippen molar-refractivity contribution in [2.24, 2.45) is 0 Å². The molecule has 4 rings (SSSR count). The van der Waals surface area contributed by atoms with Gasteiger partial charge in [-0.25, -0.2) is 0 Å². The SMILES string of the molecule is CC(=O)NCC[C@@]12C=CC=C3C=CC(=O)N(c4ccccc41)[C@H]32. The molecule has 0 saturated carbocycles. The van der Waals surface area contributed by atoms with Crippen LogP contribution in [0.2, 0.25) is 0 Å². The number of hydrogen-bond donors (Lipinski definition) is 1. The van der Waals surface area contributed by atoms with Gasteiger partial charge in [0.2, 0.25) is 5.91 Å². The summed E-state index contributed by atoms with van der Waals surface area (Å²) >= 11 is 0. The fourth-order valence-corrected chi connectivity index (χ4v) is 4.08. The molecule has 0 radical (unpaired) electrons. The van der Waals surface area contributed by atoms with Gasteiger partial charge in [-0.05, 0) is 23.6 Å². The monoisotopic (exact) mass is 306 g/mol. The lowest BCUT2D eigenvalue weighted by atomic mass is 9.68. The average Bonchev–Trinajstić information content (AvgIpc) is 2.84. The molecular weight excluding hydrogens is 288 g/mol. The second kappa shape index (κ2) is 4.95. The van der Waals surface area contributed by atoms with E-state index in [-0.39, 0.29) is 23.3 Å². The van der Waals surface area contributed by atoms with Gasteiger partial charge in [0.15, 0.2) is 0 Å². The maximum absolute atomic E-state index is 12.5. The fraction of sp³-hybridized carbons (Fsp3) is 0.263. The van der Waals surface area contributed by atoms with E-state index in [0.29, 0.717) is 6.54 Å². The molecular formula is C19H18N2O2. The van der Waals surface area contributed by atoms with Crippen LogP contribution in [0.25, 0.3) is 0 Å². The van der Waals surface area contributed by atoms with Gasteiger partial charge >= 0.3 is 0 Å². The number of carbonyl (C=O) groups excluding carboxylic acids is 2. The molecule has 2 aliphatic heterocycles. The first-order chi connectivity index (χ1) is 11.1. The van der Waals surface area contributed by atoms with E-state index < -0.39 is 0 Å². The number of hydrogen-bond acceptors (Lipinski definition) is 2. The highest BCUT2D eigenvalue weighted by Gasteiger charge is 2.53. The summed E-state index contributed by atoms with van der Waals surface area (Å²) in [5, 5.41) is 2.89. The van der Waals surface area contributed by atoms with E-state index in [4.69, 9.17) is 0 Å². The van der Waals surface area contributed by atoms with E-state index in [9.17, 15) is 9.59 Å². The van der Waals surface area contributed by atoms with Crippen molar-refractivity contribution in [1.29, 1.82) is 0 Å². The van der Waals surface area contributed by atoms with Crippen molar-refractivity contribution in [2.45, 2.75) is 24.8 Å². The molecule has 0 fully saturated rings. The molecule has 2 atom stereocenters. The number of nitrogens with zero attached hydrogens (tertiary/aromatic N) is 1. The first kappa shape index (κ1) is 14.0. The standard InChI is InChI=1S/C19H18N2O2/c1-13(22)20-12-11-19-10-4-5-14-8-9-17(23)21(18(14)19)16-7-3-2-6-15(16)19/h2-10,18H,11-12H2,1H3,(H,20,22)/t18-,19+/m1/s1. The summed E-state index contributed by atoms with van der Waals surface area (Å²) < 4.78 is 0. The number of rotatable bonds is 3. The van der Waals surface area contributed by atoms with Crippen LogP contribution in [0.5, 0.6) is 0 Å². The van der Waals surface area contributed by atoms with Gasteiger partial charge in [0.25, 0.3) is 5.91 Å². The van der Waals surface area contributed by atoms with Crippen LogP contribution >= 0.6 is 0 Å². The van der Waals surface area contributed by atoms with Gasteiger partial charge < -0.3 is 5.32 Å². The Balaban J connectivity index is 1.84. The lowest BCUT2D eigenvalue weighted by molar-refractivity contribution is -0.119. The minimum atomic E-state index is -0.274. The number of anilines is 1. The third-order valence-corrected chi connectivity index (χ3v) is 4.98. The lowest BCUT2D eigenvalue weighted by Crippen LogP contribution is -2.50. The van der Waals surface area contributed by atoms with Crippen molar-refractivity contribution in [3.05, 3.63) is 65.8 Å². The van der Waals surface area contributed by atoms with Gasteiger partial charge in [-0.2, -0.15) is 0 Å². The van der Waals surface area contributed by atoms with E-state index in [2.05, 4.69) is 29.6 Å². The van der Waals surface area contributed by atoms with Gasteiger partial charge in [-0.3, -0.25) is 14.5 Å². The Labute approximate surface area is 135 Å². The van der Waals surface area contributed by atoms with Crippen molar-refractivity contribution in [3.8, 4) is 0 Å². The number of nitrogens with one attached hydrogen (secondary N) is 1. The van der Waals surface area contributed by atoms with Gasteiger partial charge in [0, 0.05) is 30.6 Å². The van der Waals surface area contributed by atoms with E-state index in [1.165, 1.54) is 6.92 Å². The minimum absolute atomic E-state index is 0.0174. The Morgan fingerprint density at radius 3 is 2.96 bits per heavy atom. The van der Waals surface area contributed by atoms with Crippen LogP contribution in [0, 0.1) is 0 Å². The molecule has 1 aromatic carbocycles. The third-order valence-electron chi connectivity index (χ3n) is 4.98. The first-order valence-electron chi connectivity index (χ1n) is 7.88. The summed E-state index contributed by atoms with van der Waals surface area (Å²) in [5.41, 5.74) is 3.01. The Kier molecular flexibility index (Phi) is 3.01.